The Morgan fingerprint density at radius 2 is 1.94 bits per heavy atom. The van der Waals surface area contributed by atoms with Gasteiger partial charge in [0.05, 0.1) is 25.9 Å². The Hall–Kier alpha value is -2.42. The number of β-amino-alcohol motifs (C(OH)–C–C–N with tert-alkyl or cyclic N) is 1. The molecule has 31 heavy (non-hydrogen) atoms. The Kier molecular flexibility index (Phi) is 8.06. The third kappa shape index (κ3) is 6.78. The van der Waals surface area contributed by atoms with E-state index >= 15 is 0 Å². The fourth-order valence-electron chi connectivity index (χ4n) is 3.97. The van der Waals surface area contributed by atoms with Crippen LogP contribution in [0.3, 0.4) is 0 Å². The van der Waals surface area contributed by atoms with Crippen LogP contribution in [0.15, 0.2) is 36.7 Å². The van der Waals surface area contributed by atoms with Gasteiger partial charge in [0.15, 0.2) is 11.5 Å². The lowest BCUT2D eigenvalue weighted by atomic mass is 10.0. The number of likely N-dealkylation sites (N-methyl/N-ethyl adjacent to an activating group) is 1. The van der Waals surface area contributed by atoms with E-state index in [0.717, 1.165) is 36.6 Å². The van der Waals surface area contributed by atoms with E-state index in [2.05, 4.69) is 39.9 Å². The standard InChI is InChI=1S/C23H35N5O3/c1-26(2)12-6-14-31-20-8-7-19(15-21(20)30-4)16-27(3)17-23(29)9-13-28(18-23)22-24-10-5-11-25-22/h5,7-8,10-11,15,29H,6,9,12-14,16-18H2,1-4H3/t23-/m1/s1. The van der Waals surface area contributed by atoms with Crippen LogP contribution in [0.25, 0.3) is 0 Å². The molecule has 0 spiro atoms. The van der Waals surface area contributed by atoms with Gasteiger partial charge in [-0.25, -0.2) is 9.97 Å². The van der Waals surface area contributed by atoms with Gasteiger partial charge < -0.3 is 24.4 Å². The highest BCUT2D eigenvalue weighted by molar-refractivity contribution is 5.43. The molecule has 1 aromatic carbocycles. The van der Waals surface area contributed by atoms with Crippen molar-refractivity contribution in [2.45, 2.75) is 25.0 Å². The molecule has 0 bridgehead atoms. The van der Waals surface area contributed by atoms with E-state index in [1.165, 1.54) is 0 Å². The number of hydrogen-bond acceptors (Lipinski definition) is 8. The third-order valence-corrected chi connectivity index (χ3v) is 5.42. The molecule has 8 nitrogen and oxygen atoms in total. The van der Waals surface area contributed by atoms with Gasteiger partial charge in [0.1, 0.15) is 0 Å². The van der Waals surface area contributed by atoms with Gasteiger partial charge >= 0.3 is 0 Å². The summed E-state index contributed by atoms with van der Waals surface area (Å²) in [6.07, 6.45) is 5.12. The predicted octanol–water partition coefficient (Wildman–Crippen LogP) is 1.89. The molecule has 1 fully saturated rings. The Morgan fingerprint density at radius 3 is 2.65 bits per heavy atom. The number of anilines is 1. The highest BCUT2D eigenvalue weighted by atomic mass is 16.5. The number of aliphatic hydroxyl groups is 1. The van der Waals surface area contributed by atoms with Gasteiger partial charge in [0, 0.05) is 38.6 Å². The smallest absolute Gasteiger partial charge is 0.225 e. The van der Waals surface area contributed by atoms with E-state index in [9.17, 15) is 5.11 Å². The average Bonchev–Trinajstić information content (AvgIpc) is 3.13. The number of ether oxygens (including phenoxy) is 2. The molecule has 0 amide bonds. The van der Waals surface area contributed by atoms with Gasteiger partial charge in [-0.1, -0.05) is 6.07 Å². The first-order valence-corrected chi connectivity index (χ1v) is 10.8. The largest absolute Gasteiger partial charge is 0.493 e. The maximum Gasteiger partial charge on any atom is 0.225 e. The van der Waals surface area contributed by atoms with Crippen LogP contribution in [0, 0.1) is 0 Å². The number of aromatic nitrogens is 2. The molecule has 1 N–H and O–H groups in total. The second-order valence-electron chi connectivity index (χ2n) is 8.61. The first-order chi connectivity index (χ1) is 14.9. The summed E-state index contributed by atoms with van der Waals surface area (Å²) >= 11 is 0. The van der Waals surface area contributed by atoms with Crippen molar-refractivity contribution < 1.29 is 14.6 Å². The van der Waals surface area contributed by atoms with Gasteiger partial charge in [0.2, 0.25) is 5.95 Å². The van der Waals surface area contributed by atoms with Gasteiger partial charge in [-0.2, -0.15) is 0 Å². The summed E-state index contributed by atoms with van der Waals surface area (Å²) in [5, 5.41) is 11.1. The van der Waals surface area contributed by atoms with Crippen molar-refractivity contribution in [3.8, 4) is 11.5 Å². The van der Waals surface area contributed by atoms with Crippen LogP contribution in [-0.4, -0.2) is 91.5 Å². The summed E-state index contributed by atoms with van der Waals surface area (Å²) in [6.45, 7) is 4.21. The molecule has 1 saturated heterocycles. The van der Waals surface area contributed by atoms with Crippen molar-refractivity contribution in [2.75, 3.05) is 65.9 Å². The predicted molar refractivity (Wildman–Crippen MR) is 122 cm³/mol. The molecular weight excluding hydrogens is 394 g/mol. The molecule has 8 heteroatoms. The van der Waals surface area contributed by atoms with Crippen molar-refractivity contribution >= 4 is 5.95 Å². The second kappa shape index (κ2) is 10.7. The molecule has 170 valence electrons. The van der Waals surface area contributed by atoms with Crippen molar-refractivity contribution in [1.82, 2.24) is 19.8 Å². The maximum atomic E-state index is 11.1. The summed E-state index contributed by atoms with van der Waals surface area (Å²) in [5.41, 5.74) is 0.331. The zero-order valence-electron chi connectivity index (χ0n) is 19.1. The van der Waals surface area contributed by atoms with Gasteiger partial charge in [0.25, 0.3) is 0 Å². The lowest BCUT2D eigenvalue weighted by Crippen LogP contribution is -2.43. The Balaban J connectivity index is 1.53. The number of hydrogen-bond donors (Lipinski definition) is 1. The van der Waals surface area contributed by atoms with Crippen molar-refractivity contribution in [3.63, 3.8) is 0 Å². The molecule has 1 atom stereocenters. The van der Waals surface area contributed by atoms with Crippen molar-refractivity contribution in [3.05, 3.63) is 42.2 Å². The van der Waals surface area contributed by atoms with Crippen LogP contribution in [0.2, 0.25) is 0 Å². The lowest BCUT2D eigenvalue weighted by molar-refractivity contribution is 0.0279. The quantitative estimate of drug-likeness (QED) is 0.543. The Bertz CT molecular complexity index is 820. The Morgan fingerprint density at radius 1 is 1.16 bits per heavy atom. The molecule has 0 radical (unpaired) electrons. The maximum absolute atomic E-state index is 11.1. The fourth-order valence-corrected chi connectivity index (χ4v) is 3.97. The van der Waals surface area contributed by atoms with Crippen LogP contribution < -0.4 is 14.4 Å². The van der Waals surface area contributed by atoms with Gasteiger partial charge in [-0.15, -0.1) is 0 Å². The molecule has 1 aromatic heterocycles. The minimum absolute atomic E-state index is 0.532. The molecule has 2 heterocycles. The highest BCUT2D eigenvalue weighted by Gasteiger charge is 2.38. The first kappa shape index (κ1) is 23.2. The molecule has 0 unspecified atom stereocenters. The molecule has 1 aliphatic rings. The summed E-state index contributed by atoms with van der Waals surface area (Å²) in [4.78, 5) is 14.9. The zero-order chi connectivity index (χ0) is 22.3. The minimum Gasteiger partial charge on any atom is -0.493 e. The van der Waals surface area contributed by atoms with Crippen LogP contribution in [-0.2, 0) is 6.54 Å². The van der Waals surface area contributed by atoms with Gasteiger partial charge in [-0.05, 0) is 57.7 Å². The van der Waals surface area contributed by atoms with Crippen LogP contribution in [0.5, 0.6) is 11.5 Å². The van der Waals surface area contributed by atoms with Crippen LogP contribution in [0.1, 0.15) is 18.4 Å². The van der Waals surface area contributed by atoms with E-state index < -0.39 is 5.60 Å². The van der Waals surface area contributed by atoms with Crippen molar-refractivity contribution in [2.24, 2.45) is 0 Å². The normalized spacial score (nSPS) is 18.7. The van der Waals surface area contributed by atoms with E-state index in [0.29, 0.717) is 38.6 Å². The topological polar surface area (TPSA) is 74.2 Å². The van der Waals surface area contributed by atoms with E-state index in [4.69, 9.17) is 9.47 Å². The fraction of sp³-hybridized carbons (Fsp3) is 0.565. The van der Waals surface area contributed by atoms with Gasteiger partial charge in [-0.3, -0.25) is 4.90 Å². The van der Waals surface area contributed by atoms with Crippen LogP contribution in [0.4, 0.5) is 5.95 Å². The molecule has 2 aromatic rings. The van der Waals surface area contributed by atoms with E-state index in [1.54, 1.807) is 25.6 Å². The Labute approximate surface area is 185 Å². The third-order valence-electron chi connectivity index (χ3n) is 5.42. The molecule has 0 saturated carbocycles. The summed E-state index contributed by atoms with van der Waals surface area (Å²) in [5.74, 6) is 2.18. The number of nitrogens with zero attached hydrogens (tertiary/aromatic N) is 5. The molecular formula is C23H35N5O3. The van der Waals surface area contributed by atoms with E-state index in [1.807, 2.05) is 24.1 Å². The monoisotopic (exact) mass is 429 g/mol. The summed E-state index contributed by atoms with van der Waals surface area (Å²) in [7, 11) is 7.80. The summed E-state index contributed by atoms with van der Waals surface area (Å²) in [6, 6.07) is 7.84. The second-order valence-corrected chi connectivity index (χ2v) is 8.61. The zero-order valence-corrected chi connectivity index (χ0v) is 19.1. The van der Waals surface area contributed by atoms with Crippen molar-refractivity contribution in [1.29, 1.82) is 0 Å². The average molecular weight is 430 g/mol. The molecule has 3 rings (SSSR count). The highest BCUT2D eigenvalue weighted by Crippen LogP contribution is 2.29. The summed E-state index contributed by atoms with van der Waals surface area (Å²) < 4.78 is 11.4. The number of rotatable bonds is 11. The number of benzene rings is 1. The molecule has 0 aliphatic carbocycles. The first-order valence-electron chi connectivity index (χ1n) is 10.8. The number of methoxy groups -OCH3 is 1. The van der Waals surface area contributed by atoms with Crippen LogP contribution >= 0.6 is 0 Å². The van der Waals surface area contributed by atoms with E-state index in [-0.39, 0.29) is 0 Å². The molecule has 1 aliphatic heterocycles. The SMILES string of the molecule is COc1cc(CN(C)C[C@]2(O)CCN(c3ncccn3)C2)ccc1OCCCN(C)C. The minimum atomic E-state index is -0.784. The lowest BCUT2D eigenvalue weighted by Gasteiger charge is -2.29.